The summed E-state index contributed by atoms with van der Waals surface area (Å²) in [4.78, 5) is 26.4. The molecule has 3 N–H and O–H groups in total. The molecule has 42 heavy (non-hydrogen) atoms. The predicted octanol–water partition coefficient (Wildman–Crippen LogP) is 5.09. The van der Waals surface area contributed by atoms with Crippen LogP contribution < -0.4 is 11.1 Å². The normalized spacial score (nSPS) is 17.1. The highest BCUT2D eigenvalue weighted by atomic mass is 32.2. The van der Waals surface area contributed by atoms with Gasteiger partial charge in [-0.3, -0.25) is 9.48 Å². The number of aromatic nitrogens is 2. The van der Waals surface area contributed by atoms with Gasteiger partial charge in [-0.25, -0.2) is 13.2 Å². The fraction of sp³-hybridized carbons (Fsp3) is 0.593. The van der Waals surface area contributed by atoms with Gasteiger partial charge in [0.25, 0.3) is 5.91 Å². The van der Waals surface area contributed by atoms with Crippen LogP contribution in [0.3, 0.4) is 0 Å². The van der Waals surface area contributed by atoms with Crippen LogP contribution in [-0.2, 0) is 20.1 Å². The Hall–Kier alpha value is -2.52. The number of halogens is 2. The van der Waals surface area contributed by atoms with Crippen molar-refractivity contribution in [1.29, 1.82) is 0 Å². The largest absolute Gasteiger partial charge is 0.444 e. The number of nitrogens with two attached hydrogens (primary N) is 1. The van der Waals surface area contributed by atoms with E-state index in [0.717, 1.165) is 18.6 Å². The van der Waals surface area contributed by atoms with E-state index < -0.39 is 43.6 Å². The van der Waals surface area contributed by atoms with Gasteiger partial charge in [-0.15, -0.1) is 0 Å². The van der Waals surface area contributed by atoms with E-state index in [1.165, 1.54) is 12.1 Å². The third-order valence-electron chi connectivity index (χ3n) is 7.33. The zero-order valence-electron chi connectivity index (χ0n) is 24.1. The van der Waals surface area contributed by atoms with Crippen LogP contribution in [0.2, 0.25) is 0 Å². The molecule has 10 nitrogen and oxygen atoms in total. The Kier molecular flexibility index (Phi) is 10.9. The van der Waals surface area contributed by atoms with Crippen molar-refractivity contribution in [2.24, 2.45) is 11.7 Å². The van der Waals surface area contributed by atoms with Crippen molar-refractivity contribution in [3.8, 4) is 0 Å². The molecule has 15 heteroatoms. The zero-order chi connectivity index (χ0) is 31.5. The number of primary amides is 1. The van der Waals surface area contributed by atoms with Gasteiger partial charge in [-0.05, 0) is 82.4 Å². The summed E-state index contributed by atoms with van der Waals surface area (Å²) in [6.45, 7) is 8.26. The third-order valence-corrected chi connectivity index (χ3v) is 9.98. The summed E-state index contributed by atoms with van der Waals surface area (Å²) in [7, 11) is -4.76. The number of alkyl halides is 2. The van der Waals surface area contributed by atoms with Gasteiger partial charge in [0.2, 0.25) is 9.84 Å². The Bertz CT molecular complexity index is 1360. The highest BCUT2D eigenvalue weighted by Gasteiger charge is 2.42. The standard InChI is InChI=1S/C27H39F2N5O5S3/c1-5-21(41)17(16-40)14-27(10-12-33(13-11-27)25(36)39-26(2,3)4)34-15-20(22(30)35)23(32-34)31-18-6-8-19(9-7-18)42(37,38)24(28)29/h6-9,15,17,21,24,40-41H,5,10-14,16H2,1-4H3,(H2,30,35)(H,31,32). The molecule has 1 saturated heterocycles. The summed E-state index contributed by atoms with van der Waals surface area (Å²) in [5.41, 5.74) is 4.86. The summed E-state index contributed by atoms with van der Waals surface area (Å²) in [5.74, 6) is -3.49. The number of hydrogen-bond donors (Lipinski definition) is 4. The molecule has 2 aromatic rings. The predicted molar refractivity (Wildman–Crippen MR) is 164 cm³/mol. The van der Waals surface area contributed by atoms with Crippen LogP contribution in [0.1, 0.15) is 63.7 Å². The number of piperidine rings is 1. The number of carbonyl (C=O) groups excluding carboxylic acids is 2. The Morgan fingerprint density at radius 1 is 1.19 bits per heavy atom. The molecule has 0 aliphatic carbocycles. The average Bonchev–Trinajstić information content (AvgIpc) is 3.35. The number of anilines is 2. The molecule has 1 aliphatic heterocycles. The van der Waals surface area contributed by atoms with E-state index in [9.17, 15) is 26.8 Å². The lowest BCUT2D eigenvalue weighted by molar-refractivity contribution is 0.00713. The molecule has 2 amide bonds. The van der Waals surface area contributed by atoms with E-state index in [2.05, 4.69) is 17.9 Å². The number of thiol groups is 2. The van der Waals surface area contributed by atoms with Crippen molar-refractivity contribution in [3.05, 3.63) is 36.0 Å². The van der Waals surface area contributed by atoms with Gasteiger partial charge >= 0.3 is 11.9 Å². The van der Waals surface area contributed by atoms with E-state index in [0.29, 0.717) is 43.8 Å². The number of amides is 2. The van der Waals surface area contributed by atoms with E-state index >= 15 is 0 Å². The first-order chi connectivity index (χ1) is 19.5. The van der Waals surface area contributed by atoms with E-state index in [1.807, 2.05) is 27.7 Å². The number of nitrogens with one attached hydrogen (secondary N) is 1. The summed E-state index contributed by atoms with van der Waals surface area (Å²) in [6.07, 6.45) is 3.64. The summed E-state index contributed by atoms with van der Waals surface area (Å²) >= 11 is 9.36. The fourth-order valence-electron chi connectivity index (χ4n) is 4.96. The van der Waals surface area contributed by atoms with Gasteiger partial charge in [0.1, 0.15) is 11.2 Å². The SMILES string of the molecule is CCC(S)C(CS)CC1(n2cc(C(N)=O)c(Nc3ccc(S(=O)(=O)C(F)F)cc3)n2)CCN(C(=O)OC(C)(C)C)CC1. The number of nitrogens with zero attached hydrogens (tertiary/aromatic N) is 3. The molecule has 234 valence electrons. The fourth-order valence-corrected chi connectivity index (χ4v) is 6.44. The van der Waals surface area contributed by atoms with Crippen LogP contribution in [0.25, 0.3) is 0 Å². The number of carbonyl (C=O) groups is 2. The summed E-state index contributed by atoms with van der Waals surface area (Å²) in [5, 5.41) is 7.73. The molecule has 0 bridgehead atoms. The highest BCUT2D eigenvalue weighted by molar-refractivity contribution is 7.91. The Balaban J connectivity index is 1.97. The molecule has 0 saturated carbocycles. The van der Waals surface area contributed by atoms with Crippen LogP contribution in [0.15, 0.2) is 35.4 Å². The smallest absolute Gasteiger partial charge is 0.410 e. The Labute approximate surface area is 256 Å². The van der Waals surface area contributed by atoms with Crippen molar-refractivity contribution in [1.82, 2.24) is 14.7 Å². The van der Waals surface area contributed by atoms with Crippen molar-refractivity contribution in [2.75, 3.05) is 24.2 Å². The van der Waals surface area contributed by atoms with Crippen molar-refractivity contribution < 1.29 is 31.5 Å². The molecule has 0 radical (unpaired) electrons. The molecule has 2 unspecified atom stereocenters. The van der Waals surface area contributed by atoms with Crippen LogP contribution in [-0.4, -0.2) is 70.5 Å². The lowest BCUT2D eigenvalue weighted by Gasteiger charge is -2.44. The van der Waals surface area contributed by atoms with Gasteiger partial charge < -0.3 is 20.7 Å². The maximum atomic E-state index is 12.9. The van der Waals surface area contributed by atoms with Crippen LogP contribution >= 0.6 is 25.3 Å². The van der Waals surface area contributed by atoms with Gasteiger partial charge in [0.05, 0.1) is 10.4 Å². The average molecular weight is 648 g/mol. The second-order valence-corrected chi connectivity index (χ2v) is 14.4. The maximum absolute atomic E-state index is 12.9. The number of benzene rings is 1. The van der Waals surface area contributed by atoms with Gasteiger partial charge in [-0.1, -0.05) is 6.92 Å². The lowest BCUT2D eigenvalue weighted by Crippen LogP contribution is -2.50. The zero-order valence-corrected chi connectivity index (χ0v) is 26.7. The second-order valence-electron chi connectivity index (χ2n) is 11.5. The number of rotatable bonds is 11. The van der Waals surface area contributed by atoms with Crippen LogP contribution in [0.4, 0.5) is 25.1 Å². The quantitative estimate of drug-likeness (QED) is 0.250. The second kappa shape index (κ2) is 13.4. The molecule has 1 aliphatic rings. The highest BCUT2D eigenvalue weighted by Crippen LogP contribution is 2.40. The minimum atomic E-state index is -4.76. The van der Waals surface area contributed by atoms with Gasteiger partial charge in [0, 0.05) is 30.2 Å². The Morgan fingerprint density at radius 3 is 2.26 bits per heavy atom. The monoisotopic (exact) mass is 647 g/mol. The topological polar surface area (TPSA) is 137 Å². The molecular weight excluding hydrogens is 609 g/mol. The third kappa shape index (κ3) is 7.90. The Morgan fingerprint density at radius 2 is 1.79 bits per heavy atom. The maximum Gasteiger partial charge on any atom is 0.410 e. The van der Waals surface area contributed by atoms with Crippen molar-refractivity contribution in [3.63, 3.8) is 0 Å². The number of hydrogen-bond acceptors (Lipinski definition) is 9. The molecular formula is C27H39F2N5O5S3. The molecule has 2 heterocycles. The number of ether oxygens (including phenoxy) is 1. The van der Waals surface area contributed by atoms with Gasteiger partial charge in [0.15, 0.2) is 5.82 Å². The minimum absolute atomic E-state index is 0.0649. The van der Waals surface area contributed by atoms with Crippen LogP contribution in [0, 0.1) is 5.92 Å². The first kappa shape index (κ1) is 34.0. The number of sulfone groups is 1. The van der Waals surface area contributed by atoms with Gasteiger partial charge in [-0.2, -0.15) is 39.1 Å². The van der Waals surface area contributed by atoms with Crippen LogP contribution in [0.5, 0.6) is 0 Å². The van der Waals surface area contributed by atoms with Crippen molar-refractivity contribution >= 4 is 58.6 Å². The molecule has 1 aromatic heterocycles. The molecule has 1 fully saturated rings. The first-order valence-electron chi connectivity index (χ1n) is 13.6. The van der Waals surface area contributed by atoms with E-state index in [-0.39, 0.29) is 22.5 Å². The van der Waals surface area contributed by atoms with E-state index in [1.54, 1.807) is 15.8 Å². The number of likely N-dealkylation sites (tertiary alicyclic amines) is 1. The minimum Gasteiger partial charge on any atom is -0.444 e. The summed E-state index contributed by atoms with van der Waals surface area (Å²) in [6, 6.07) is 4.71. The molecule has 1 aromatic carbocycles. The van der Waals surface area contributed by atoms with E-state index in [4.69, 9.17) is 28.2 Å². The lowest BCUT2D eigenvalue weighted by atomic mass is 9.78. The molecule has 3 rings (SSSR count). The molecule has 0 spiro atoms. The van der Waals surface area contributed by atoms with Crippen molar-refractivity contribution in [2.45, 2.75) is 80.4 Å². The first-order valence-corrected chi connectivity index (χ1v) is 16.3. The molecule has 2 atom stereocenters. The summed E-state index contributed by atoms with van der Waals surface area (Å²) < 4.78 is 56.7.